The Morgan fingerprint density at radius 2 is 2.16 bits per heavy atom. The van der Waals surface area contributed by atoms with Gasteiger partial charge in [-0.3, -0.25) is 0 Å². The van der Waals surface area contributed by atoms with Crippen molar-refractivity contribution in [1.82, 2.24) is 5.32 Å². The molecule has 2 aliphatic heterocycles. The summed E-state index contributed by atoms with van der Waals surface area (Å²) < 4.78 is 11.9. The lowest BCUT2D eigenvalue weighted by Crippen LogP contribution is -2.34. The Balaban J connectivity index is 1.90. The number of ether oxygens (including phenoxy) is 2. The van der Waals surface area contributed by atoms with Crippen molar-refractivity contribution in [3.05, 3.63) is 29.3 Å². The molecule has 2 unspecified atom stereocenters. The van der Waals surface area contributed by atoms with E-state index in [1.165, 1.54) is 24.0 Å². The van der Waals surface area contributed by atoms with E-state index in [4.69, 9.17) is 9.47 Å². The molecule has 0 amide bonds. The fourth-order valence-electron chi connectivity index (χ4n) is 3.23. The molecule has 104 valence electrons. The maximum absolute atomic E-state index is 5.96. The van der Waals surface area contributed by atoms with Crippen LogP contribution in [0, 0.1) is 0 Å². The minimum Gasteiger partial charge on any atom is -0.493 e. The van der Waals surface area contributed by atoms with E-state index in [9.17, 15) is 0 Å². The van der Waals surface area contributed by atoms with Gasteiger partial charge in [-0.2, -0.15) is 0 Å². The molecule has 3 nitrogen and oxygen atoms in total. The van der Waals surface area contributed by atoms with E-state index in [1.807, 2.05) is 7.05 Å². The first-order valence-electron chi connectivity index (χ1n) is 7.43. The van der Waals surface area contributed by atoms with Crippen molar-refractivity contribution in [2.45, 2.75) is 44.2 Å². The predicted octanol–water partition coefficient (Wildman–Crippen LogP) is 2.84. The van der Waals surface area contributed by atoms with Crippen LogP contribution in [0.5, 0.6) is 5.75 Å². The molecule has 1 aromatic carbocycles. The minimum absolute atomic E-state index is 0.244. The van der Waals surface area contributed by atoms with Crippen molar-refractivity contribution < 1.29 is 9.47 Å². The van der Waals surface area contributed by atoms with Crippen LogP contribution in [0.25, 0.3) is 0 Å². The van der Waals surface area contributed by atoms with Gasteiger partial charge in [0, 0.05) is 12.2 Å². The number of hydrogen-bond acceptors (Lipinski definition) is 3. The third kappa shape index (κ3) is 2.63. The standard InChI is InChI=1S/C16H23NO2/c1-17-15(14-9-2-3-10-18-14)13-8-4-6-12-7-5-11-19-16(12)13/h4,6,8,14-15,17H,2-3,5,7,9-11H2,1H3. The molecule has 1 aromatic rings. The number of benzene rings is 1. The average molecular weight is 261 g/mol. The summed E-state index contributed by atoms with van der Waals surface area (Å²) in [6.07, 6.45) is 6.12. The van der Waals surface area contributed by atoms with E-state index >= 15 is 0 Å². The molecular weight excluding hydrogens is 238 g/mol. The zero-order valence-electron chi connectivity index (χ0n) is 11.7. The second-order valence-corrected chi connectivity index (χ2v) is 5.46. The van der Waals surface area contributed by atoms with Crippen LogP contribution in [0.1, 0.15) is 42.9 Å². The highest BCUT2D eigenvalue weighted by atomic mass is 16.5. The van der Waals surface area contributed by atoms with Gasteiger partial charge in [0.25, 0.3) is 0 Å². The fraction of sp³-hybridized carbons (Fsp3) is 0.625. The molecule has 19 heavy (non-hydrogen) atoms. The first-order valence-corrected chi connectivity index (χ1v) is 7.43. The Kier molecular flexibility index (Phi) is 4.04. The summed E-state index contributed by atoms with van der Waals surface area (Å²) in [5.74, 6) is 1.10. The molecule has 1 N–H and O–H groups in total. The van der Waals surface area contributed by atoms with Crippen LogP contribution in [0.3, 0.4) is 0 Å². The Labute approximate surface area is 115 Å². The van der Waals surface area contributed by atoms with Crippen molar-refractivity contribution in [1.29, 1.82) is 0 Å². The topological polar surface area (TPSA) is 30.5 Å². The number of hydrogen-bond donors (Lipinski definition) is 1. The van der Waals surface area contributed by atoms with Gasteiger partial charge in [0.15, 0.2) is 0 Å². The van der Waals surface area contributed by atoms with Gasteiger partial charge >= 0.3 is 0 Å². The van der Waals surface area contributed by atoms with E-state index in [0.717, 1.165) is 38.2 Å². The smallest absolute Gasteiger partial charge is 0.127 e. The second kappa shape index (κ2) is 5.93. The molecule has 2 heterocycles. The lowest BCUT2D eigenvalue weighted by atomic mass is 9.92. The quantitative estimate of drug-likeness (QED) is 0.907. The van der Waals surface area contributed by atoms with E-state index in [1.54, 1.807) is 0 Å². The largest absolute Gasteiger partial charge is 0.493 e. The summed E-state index contributed by atoms with van der Waals surface area (Å²) in [5.41, 5.74) is 2.62. The fourth-order valence-corrected chi connectivity index (χ4v) is 3.23. The number of rotatable bonds is 3. The Hall–Kier alpha value is -1.06. The maximum Gasteiger partial charge on any atom is 0.127 e. The van der Waals surface area contributed by atoms with Crippen LogP contribution in [0.15, 0.2) is 18.2 Å². The molecule has 0 radical (unpaired) electrons. The second-order valence-electron chi connectivity index (χ2n) is 5.46. The lowest BCUT2D eigenvalue weighted by molar-refractivity contribution is -0.00724. The molecule has 0 saturated carbocycles. The van der Waals surface area contributed by atoms with Crippen molar-refractivity contribution in [3.63, 3.8) is 0 Å². The number of fused-ring (bicyclic) bond motifs is 1. The van der Waals surface area contributed by atoms with Gasteiger partial charge < -0.3 is 14.8 Å². The van der Waals surface area contributed by atoms with Crippen LogP contribution in [-0.4, -0.2) is 26.4 Å². The predicted molar refractivity (Wildman–Crippen MR) is 75.6 cm³/mol. The Morgan fingerprint density at radius 1 is 1.21 bits per heavy atom. The molecule has 1 saturated heterocycles. The molecule has 0 spiro atoms. The van der Waals surface area contributed by atoms with Gasteiger partial charge in [-0.15, -0.1) is 0 Å². The third-order valence-corrected chi connectivity index (χ3v) is 4.20. The third-order valence-electron chi connectivity index (χ3n) is 4.20. The van der Waals surface area contributed by atoms with Crippen molar-refractivity contribution in [2.75, 3.05) is 20.3 Å². The van der Waals surface area contributed by atoms with E-state index < -0.39 is 0 Å². The van der Waals surface area contributed by atoms with Crippen molar-refractivity contribution in [3.8, 4) is 5.75 Å². The maximum atomic E-state index is 5.96. The average Bonchev–Trinajstić information content (AvgIpc) is 2.49. The summed E-state index contributed by atoms with van der Waals surface area (Å²) in [6.45, 7) is 1.73. The van der Waals surface area contributed by atoms with Crippen molar-refractivity contribution in [2.24, 2.45) is 0 Å². The van der Waals surface area contributed by atoms with Crippen LogP contribution in [0.2, 0.25) is 0 Å². The summed E-state index contributed by atoms with van der Waals surface area (Å²) in [7, 11) is 2.02. The summed E-state index contributed by atoms with van der Waals surface area (Å²) in [6, 6.07) is 6.76. The van der Waals surface area contributed by atoms with E-state index in [0.29, 0.717) is 0 Å². The SMILES string of the molecule is CNC(c1cccc2c1OCCC2)C1CCCCO1. The van der Waals surface area contributed by atoms with E-state index in [2.05, 4.69) is 23.5 Å². The highest BCUT2D eigenvalue weighted by molar-refractivity contribution is 5.45. The van der Waals surface area contributed by atoms with Gasteiger partial charge in [0.2, 0.25) is 0 Å². The molecule has 2 atom stereocenters. The number of likely N-dealkylation sites (N-methyl/N-ethyl adjacent to an activating group) is 1. The number of nitrogens with one attached hydrogen (secondary N) is 1. The summed E-state index contributed by atoms with van der Waals surface area (Å²) in [5, 5.41) is 3.43. The van der Waals surface area contributed by atoms with Crippen LogP contribution < -0.4 is 10.1 Å². The highest BCUT2D eigenvalue weighted by Gasteiger charge is 2.28. The molecule has 3 rings (SSSR count). The molecule has 0 aliphatic carbocycles. The monoisotopic (exact) mass is 261 g/mol. The zero-order valence-corrected chi connectivity index (χ0v) is 11.7. The van der Waals surface area contributed by atoms with Gasteiger partial charge in [-0.05, 0) is 44.7 Å². The zero-order chi connectivity index (χ0) is 13.1. The lowest BCUT2D eigenvalue weighted by Gasteiger charge is -2.32. The normalized spacial score (nSPS) is 24.4. The van der Waals surface area contributed by atoms with Crippen LogP contribution in [0.4, 0.5) is 0 Å². The molecule has 0 bridgehead atoms. The molecule has 3 heteroatoms. The summed E-state index contributed by atoms with van der Waals surface area (Å²) in [4.78, 5) is 0. The number of aryl methyl sites for hydroxylation is 1. The molecule has 2 aliphatic rings. The Morgan fingerprint density at radius 3 is 2.95 bits per heavy atom. The Bertz CT molecular complexity index is 427. The minimum atomic E-state index is 0.244. The van der Waals surface area contributed by atoms with Crippen molar-refractivity contribution >= 4 is 0 Å². The van der Waals surface area contributed by atoms with Gasteiger partial charge in [-0.1, -0.05) is 18.2 Å². The number of para-hydroxylation sites is 1. The summed E-state index contributed by atoms with van der Waals surface area (Å²) >= 11 is 0. The van der Waals surface area contributed by atoms with Gasteiger partial charge in [-0.25, -0.2) is 0 Å². The van der Waals surface area contributed by atoms with Crippen LogP contribution >= 0.6 is 0 Å². The van der Waals surface area contributed by atoms with Gasteiger partial charge in [0.1, 0.15) is 5.75 Å². The molecule has 0 aromatic heterocycles. The highest BCUT2D eigenvalue weighted by Crippen LogP contribution is 2.36. The molecular formula is C16H23NO2. The van der Waals surface area contributed by atoms with Crippen LogP contribution in [-0.2, 0) is 11.2 Å². The first kappa shape index (κ1) is 12.9. The van der Waals surface area contributed by atoms with E-state index in [-0.39, 0.29) is 12.1 Å². The molecule has 1 fully saturated rings. The van der Waals surface area contributed by atoms with Gasteiger partial charge in [0.05, 0.1) is 18.8 Å². The first-order chi connectivity index (χ1) is 9.40.